The molecular formula is C54H36N2. The number of fused-ring (bicyclic) bond motifs is 8. The predicted molar refractivity (Wildman–Crippen MR) is 236 cm³/mol. The fourth-order valence-electron chi connectivity index (χ4n) is 10.0. The Morgan fingerprint density at radius 3 is 1.91 bits per heavy atom. The Balaban J connectivity index is 1.12. The van der Waals surface area contributed by atoms with Crippen LogP contribution in [0, 0.1) is 0 Å². The van der Waals surface area contributed by atoms with Gasteiger partial charge in [0, 0.05) is 10.8 Å². The molecule has 2 aliphatic rings. The Hall–Kier alpha value is -7.03. The lowest BCUT2D eigenvalue weighted by Gasteiger charge is -2.20. The van der Waals surface area contributed by atoms with Gasteiger partial charge in [-0.3, -0.25) is 4.98 Å². The maximum Gasteiger partial charge on any atom is 0.0703 e. The molecule has 0 saturated carbocycles. The van der Waals surface area contributed by atoms with Gasteiger partial charge in [-0.1, -0.05) is 153 Å². The van der Waals surface area contributed by atoms with Crippen LogP contribution in [0.5, 0.6) is 0 Å². The SMILES string of the molecule is CC1CC=Cc2c1c1cc(-c3ccc4c5c(cccc35)-c3c-4c(-c4ccccc4)c4ccccc4c3-c3ccccc3)ccc1n2-c1cnc2ccccc2c1. The lowest BCUT2D eigenvalue weighted by molar-refractivity contribution is 0.773. The second-order valence-electron chi connectivity index (χ2n) is 15.5. The van der Waals surface area contributed by atoms with Crippen LogP contribution in [0.4, 0.5) is 0 Å². The largest absolute Gasteiger partial charge is 0.308 e. The summed E-state index contributed by atoms with van der Waals surface area (Å²) in [6, 6.07) is 60.5. The van der Waals surface area contributed by atoms with E-state index in [1.807, 2.05) is 6.20 Å². The maximum absolute atomic E-state index is 4.87. The quantitative estimate of drug-likeness (QED) is 0.178. The van der Waals surface area contributed by atoms with Crippen molar-refractivity contribution in [1.29, 1.82) is 0 Å². The van der Waals surface area contributed by atoms with Crippen LogP contribution in [0.25, 0.3) is 111 Å². The molecule has 1 unspecified atom stereocenters. The molecule has 0 aliphatic heterocycles. The smallest absolute Gasteiger partial charge is 0.0703 e. The monoisotopic (exact) mass is 712 g/mol. The topological polar surface area (TPSA) is 17.8 Å². The number of rotatable bonds is 4. The van der Waals surface area contributed by atoms with Crippen molar-refractivity contribution in [3.05, 3.63) is 187 Å². The van der Waals surface area contributed by atoms with E-state index in [-0.39, 0.29) is 0 Å². The summed E-state index contributed by atoms with van der Waals surface area (Å²) in [6.07, 6.45) is 7.71. The minimum Gasteiger partial charge on any atom is -0.308 e. The lowest BCUT2D eigenvalue weighted by atomic mass is 9.82. The lowest BCUT2D eigenvalue weighted by Crippen LogP contribution is -2.03. The van der Waals surface area contributed by atoms with Gasteiger partial charge in [-0.2, -0.15) is 0 Å². The van der Waals surface area contributed by atoms with E-state index in [2.05, 4.69) is 187 Å². The van der Waals surface area contributed by atoms with Gasteiger partial charge >= 0.3 is 0 Å². The van der Waals surface area contributed by atoms with Crippen molar-refractivity contribution in [2.75, 3.05) is 0 Å². The van der Waals surface area contributed by atoms with Gasteiger partial charge in [-0.25, -0.2) is 0 Å². The van der Waals surface area contributed by atoms with E-state index in [4.69, 9.17) is 4.98 Å². The van der Waals surface area contributed by atoms with Crippen molar-refractivity contribution in [2.24, 2.45) is 0 Å². The number of pyridine rings is 1. The van der Waals surface area contributed by atoms with E-state index >= 15 is 0 Å². The molecule has 2 aromatic heterocycles. The van der Waals surface area contributed by atoms with Crippen LogP contribution in [0.3, 0.4) is 0 Å². The predicted octanol–water partition coefficient (Wildman–Crippen LogP) is 14.7. The molecule has 0 N–H and O–H groups in total. The molecule has 2 nitrogen and oxygen atoms in total. The molecule has 56 heavy (non-hydrogen) atoms. The second-order valence-corrected chi connectivity index (χ2v) is 15.5. The van der Waals surface area contributed by atoms with Gasteiger partial charge in [-0.05, 0) is 125 Å². The van der Waals surface area contributed by atoms with E-state index < -0.39 is 0 Å². The highest BCUT2D eigenvalue weighted by molar-refractivity contribution is 6.28. The Labute approximate surface area is 325 Å². The molecule has 0 saturated heterocycles. The van der Waals surface area contributed by atoms with Crippen LogP contribution in [-0.2, 0) is 0 Å². The van der Waals surface area contributed by atoms with Gasteiger partial charge in [0.15, 0.2) is 0 Å². The first-order valence-corrected chi connectivity index (χ1v) is 19.7. The van der Waals surface area contributed by atoms with E-state index in [0.717, 1.165) is 23.0 Å². The van der Waals surface area contributed by atoms with Gasteiger partial charge in [0.25, 0.3) is 0 Å². The zero-order valence-electron chi connectivity index (χ0n) is 31.0. The third-order valence-electron chi connectivity index (χ3n) is 12.4. The number of aromatic nitrogens is 2. The van der Waals surface area contributed by atoms with Crippen molar-refractivity contribution in [3.63, 3.8) is 0 Å². The van der Waals surface area contributed by atoms with Crippen LogP contribution in [0.2, 0.25) is 0 Å². The Kier molecular flexibility index (Phi) is 6.71. The number of allylic oxidation sites excluding steroid dienone is 1. The maximum atomic E-state index is 4.87. The Morgan fingerprint density at radius 1 is 0.518 bits per heavy atom. The Bertz CT molecular complexity index is 3180. The van der Waals surface area contributed by atoms with Gasteiger partial charge < -0.3 is 4.57 Å². The van der Waals surface area contributed by atoms with Crippen LogP contribution in [0.15, 0.2) is 176 Å². The summed E-state index contributed by atoms with van der Waals surface area (Å²) in [5.41, 5.74) is 18.9. The third kappa shape index (κ3) is 4.41. The number of hydrogen-bond acceptors (Lipinski definition) is 1. The molecule has 0 spiro atoms. The molecule has 2 heterocycles. The standard InChI is InChI=1S/C54H36N2/c1-33-14-12-25-48-49(33)45-31-36(26-29-47(45)56(48)38-30-37-19-8-11-24-46(37)55-32-38)39-27-28-44-52-40(39)22-13-23-43(52)53-50(34-15-4-2-5-16-34)41-20-9-10-21-42(41)51(54(44)53)35-17-6-3-7-18-35/h2-13,15-33H,14H2,1H3. The van der Waals surface area contributed by atoms with Crippen molar-refractivity contribution in [2.45, 2.75) is 19.3 Å². The highest BCUT2D eigenvalue weighted by Gasteiger charge is 2.31. The van der Waals surface area contributed by atoms with Crippen molar-refractivity contribution >= 4 is 49.4 Å². The highest BCUT2D eigenvalue weighted by Crippen LogP contribution is 2.58. The minimum absolute atomic E-state index is 0.409. The second kappa shape index (κ2) is 12.0. The molecule has 8 aromatic carbocycles. The molecular weight excluding hydrogens is 677 g/mol. The number of para-hydroxylation sites is 1. The molecule has 0 fully saturated rings. The van der Waals surface area contributed by atoms with Gasteiger partial charge in [0.05, 0.1) is 28.6 Å². The normalized spacial score (nSPS) is 14.2. The summed E-state index contributed by atoms with van der Waals surface area (Å²) >= 11 is 0. The third-order valence-corrected chi connectivity index (χ3v) is 12.4. The first-order valence-electron chi connectivity index (χ1n) is 19.7. The number of hydrogen-bond donors (Lipinski definition) is 0. The van der Waals surface area contributed by atoms with E-state index in [1.54, 1.807) is 0 Å². The molecule has 1 atom stereocenters. The first-order chi connectivity index (χ1) is 27.7. The summed E-state index contributed by atoms with van der Waals surface area (Å²) in [4.78, 5) is 4.87. The average Bonchev–Trinajstić information content (AvgIpc) is 3.77. The van der Waals surface area contributed by atoms with Crippen molar-refractivity contribution < 1.29 is 0 Å². The molecule has 2 heteroatoms. The summed E-state index contributed by atoms with van der Waals surface area (Å²) in [5.74, 6) is 0.409. The Morgan fingerprint density at radius 2 is 1.16 bits per heavy atom. The highest BCUT2D eigenvalue weighted by atomic mass is 15.0. The molecule has 12 rings (SSSR count). The fraction of sp³-hybridized carbons (Fsp3) is 0.0556. The fourth-order valence-corrected chi connectivity index (χ4v) is 10.0. The number of nitrogens with zero attached hydrogens (tertiary/aromatic N) is 2. The van der Waals surface area contributed by atoms with E-state index in [9.17, 15) is 0 Å². The zero-order chi connectivity index (χ0) is 36.9. The van der Waals surface area contributed by atoms with E-state index in [1.165, 1.54) is 99.3 Å². The molecule has 0 bridgehead atoms. The van der Waals surface area contributed by atoms with Crippen LogP contribution in [-0.4, -0.2) is 9.55 Å². The van der Waals surface area contributed by atoms with Crippen LogP contribution < -0.4 is 0 Å². The van der Waals surface area contributed by atoms with Gasteiger partial charge in [0.2, 0.25) is 0 Å². The van der Waals surface area contributed by atoms with Crippen molar-refractivity contribution in [3.8, 4) is 61.3 Å². The molecule has 2 aliphatic carbocycles. The molecule has 0 amide bonds. The van der Waals surface area contributed by atoms with Crippen LogP contribution >= 0.6 is 0 Å². The summed E-state index contributed by atoms with van der Waals surface area (Å²) in [5, 5.41) is 7.66. The zero-order valence-corrected chi connectivity index (χ0v) is 31.0. The minimum atomic E-state index is 0.409. The van der Waals surface area contributed by atoms with Gasteiger partial charge in [-0.15, -0.1) is 0 Å². The summed E-state index contributed by atoms with van der Waals surface area (Å²) in [7, 11) is 0. The molecule has 10 aromatic rings. The first kappa shape index (κ1) is 31.3. The summed E-state index contributed by atoms with van der Waals surface area (Å²) in [6.45, 7) is 2.37. The van der Waals surface area contributed by atoms with Crippen LogP contribution in [0.1, 0.15) is 30.5 Å². The van der Waals surface area contributed by atoms with Crippen molar-refractivity contribution in [1.82, 2.24) is 9.55 Å². The van der Waals surface area contributed by atoms with E-state index in [0.29, 0.717) is 5.92 Å². The molecule has 262 valence electrons. The molecule has 0 radical (unpaired) electrons. The van der Waals surface area contributed by atoms with Gasteiger partial charge in [0.1, 0.15) is 0 Å². The number of benzene rings is 8. The average molecular weight is 713 g/mol. The summed E-state index contributed by atoms with van der Waals surface area (Å²) < 4.78 is 2.42.